The minimum Gasteiger partial charge on any atom is -0.340 e. The van der Waals surface area contributed by atoms with E-state index < -0.39 is 0 Å². The first-order valence-electron chi connectivity index (χ1n) is 6.98. The Balaban J connectivity index is 1.63. The van der Waals surface area contributed by atoms with Gasteiger partial charge >= 0.3 is 0 Å². The number of carbonyl (C=O) groups is 1. The summed E-state index contributed by atoms with van der Waals surface area (Å²) in [6.07, 6.45) is 3.86. The highest BCUT2D eigenvalue weighted by Crippen LogP contribution is 2.11. The van der Waals surface area contributed by atoms with E-state index in [1.165, 1.54) is 9.13 Å². The Bertz CT molecular complexity index is 399. The van der Waals surface area contributed by atoms with E-state index in [2.05, 4.69) is 52.2 Å². The second-order valence-electron chi connectivity index (χ2n) is 4.96. The molecule has 1 aromatic carbocycles. The number of nitrogens with zero attached hydrogens (tertiary/aromatic N) is 1. The zero-order valence-electron chi connectivity index (χ0n) is 11.2. The van der Waals surface area contributed by atoms with Crippen molar-refractivity contribution >= 4 is 28.5 Å². The van der Waals surface area contributed by atoms with Gasteiger partial charge in [-0.15, -0.1) is 0 Å². The number of benzene rings is 1. The van der Waals surface area contributed by atoms with Crippen LogP contribution in [-0.2, 0) is 11.2 Å². The maximum absolute atomic E-state index is 12.0. The van der Waals surface area contributed by atoms with Gasteiger partial charge in [-0.1, -0.05) is 12.1 Å². The minimum absolute atomic E-state index is 0.323. The fraction of sp³-hybridized carbons (Fsp3) is 0.533. The number of halogens is 1. The quantitative estimate of drug-likeness (QED) is 0.636. The molecule has 1 heterocycles. The number of aryl methyl sites for hydroxylation is 1. The van der Waals surface area contributed by atoms with Crippen LogP contribution in [0.4, 0.5) is 0 Å². The van der Waals surface area contributed by atoms with Crippen molar-refractivity contribution in [3.05, 3.63) is 33.4 Å². The third-order valence-electron chi connectivity index (χ3n) is 3.49. The van der Waals surface area contributed by atoms with E-state index in [0.717, 1.165) is 45.4 Å². The molecule has 1 amide bonds. The molecule has 3 nitrogen and oxygen atoms in total. The van der Waals surface area contributed by atoms with Crippen LogP contribution < -0.4 is 5.32 Å². The molecule has 0 saturated carbocycles. The summed E-state index contributed by atoms with van der Waals surface area (Å²) in [5, 5.41) is 3.27. The largest absolute Gasteiger partial charge is 0.340 e. The molecular formula is C15H21IN2O. The lowest BCUT2D eigenvalue weighted by atomic mass is 10.1. The molecule has 1 N–H and O–H groups in total. The number of nitrogens with one attached hydrogen (secondary N) is 1. The van der Waals surface area contributed by atoms with Gasteiger partial charge in [0.1, 0.15) is 0 Å². The van der Waals surface area contributed by atoms with Crippen molar-refractivity contribution in [1.82, 2.24) is 10.2 Å². The van der Waals surface area contributed by atoms with E-state index >= 15 is 0 Å². The molecule has 1 aliphatic heterocycles. The molecule has 0 unspecified atom stereocenters. The van der Waals surface area contributed by atoms with Gasteiger partial charge in [-0.3, -0.25) is 4.79 Å². The van der Waals surface area contributed by atoms with Crippen molar-refractivity contribution in [2.45, 2.75) is 25.7 Å². The lowest BCUT2D eigenvalue weighted by Crippen LogP contribution is -2.46. The Morgan fingerprint density at radius 3 is 2.53 bits per heavy atom. The summed E-state index contributed by atoms with van der Waals surface area (Å²) >= 11 is 2.32. The maximum Gasteiger partial charge on any atom is 0.222 e. The van der Waals surface area contributed by atoms with E-state index in [0.29, 0.717) is 12.3 Å². The number of rotatable bonds is 5. The van der Waals surface area contributed by atoms with Crippen molar-refractivity contribution in [2.75, 3.05) is 26.2 Å². The van der Waals surface area contributed by atoms with Crippen molar-refractivity contribution < 1.29 is 4.79 Å². The van der Waals surface area contributed by atoms with Crippen LogP contribution in [0.3, 0.4) is 0 Å². The highest BCUT2D eigenvalue weighted by atomic mass is 127. The Morgan fingerprint density at radius 2 is 1.84 bits per heavy atom. The summed E-state index contributed by atoms with van der Waals surface area (Å²) in [5.41, 5.74) is 1.37. The molecule has 104 valence electrons. The van der Waals surface area contributed by atoms with Gasteiger partial charge in [0.05, 0.1) is 0 Å². The van der Waals surface area contributed by atoms with Gasteiger partial charge in [0, 0.05) is 36.2 Å². The molecular weight excluding hydrogens is 351 g/mol. The van der Waals surface area contributed by atoms with Gasteiger partial charge in [0.2, 0.25) is 5.91 Å². The number of hydrogen-bond acceptors (Lipinski definition) is 2. The van der Waals surface area contributed by atoms with Crippen molar-refractivity contribution in [1.29, 1.82) is 0 Å². The first-order valence-corrected chi connectivity index (χ1v) is 8.06. The van der Waals surface area contributed by atoms with E-state index in [1.807, 2.05) is 4.90 Å². The second-order valence-corrected chi connectivity index (χ2v) is 6.21. The Hall–Kier alpha value is -0.620. The predicted molar refractivity (Wildman–Crippen MR) is 86.2 cm³/mol. The lowest BCUT2D eigenvalue weighted by molar-refractivity contribution is -0.131. The first-order chi connectivity index (χ1) is 9.25. The molecule has 0 spiro atoms. The van der Waals surface area contributed by atoms with E-state index in [4.69, 9.17) is 0 Å². The van der Waals surface area contributed by atoms with Crippen LogP contribution in [0.25, 0.3) is 0 Å². The molecule has 1 fully saturated rings. The van der Waals surface area contributed by atoms with Crippen molar-refractivity contribution in [2.24, 2.45) is 0 Å². The average Bonchev–Trinajstić information content (AvgIpc) is 2.46. The molecule has 0 radical (unpaired) electrons. The van der Waals surface area contributed by atoms with Gasteiger partial charge in [-0.05, 0) is 59.5 Å². The Kier molecular flexibility index (Phi) is 6.10. The molecule has 1 aliphatic rings. The molecule has 0 bridgehead atoms. The topological polar surface area (TPSA) is 32.3 Å². The monoisotopic (exact) mass is 372 g/mol. The Morgan fingerprint density at radius 1 is 1.16 bits per heavy atom. The van der Waals surface area contributed by atoms with Crippen LogP contribution in [0.1, 0.15) is 24.8 Å². The van der Waals surface area contributed by atoms with Gasteiger partial charge in [-0.25, -0.2) is 0 Å². The van der Waals surface area contributed by atoms with Gasteiger partial charge in [0.15, 0.2) is 0 Å². The minimum atomic E-state index is 0.323. The third-order valence-corrected chi connectivity index (χ3v) is 4.21. The summed E-state index contributed by atoms with van der Waals surface area (Å²) in [4.78, 5) is 13.9. The molecule has 1 saturated heterocycles. The van der Waals surface area contributed by atoms with Crippen molar-refractivity contribution in [3.8, 4) is 0 Å². The van der Waals surface area contributed by atoms with Gasteiger partial charge in [0.25, 0.3) is 0 Å². The normalized spacial score (nSPS) is 15.5. The molecule has 0 aromatic heterocycles. The summed E-state index contributed by atoms with van der Waals surface area (Å²) < 4.78 is 1.27. The number of carbonyl (C=O) groups excluding carboxylic acids is 1. The third kappa shape index (κ3) is 5.10. The van der Waals surface area contributed by atoms with E-state index in [1.54, 1.807) is 0 Å². The Labute approximate surface area is 128 Å². The summed E-state index contributed by atoms with van der Waals surface area (Å²) in [6.45, 7) is 3.62. The van der Waals surface area contributed by atoms with Gasteiger partial charge < -0.3 is 10.2 Å². The van der Waals surface area contributed by atoms with Crippen LogP contribution in [0.5, 0.6) is 0 Å². The highest BCUT2D eigenvalue weighted by molar-refractivity contribution is 14.1. The zero-order chi connectivity index (χ0) is 13.5. The summed E-state index contributed by atoms with van der Waals surface area (Å²) in [6, 6.07) is 8.64. The number of amides is 1. The van der Waals surface area contributed by atoms with Gasteiger partial charge in [-0.2, -0.15) is 0 Å². The molecule has 0 aliphatic carbocycles. The van der Waals surface area contributed by atoms with Crippen LogP contribution in [0, 0.1) is 3.57 Å². The number of piperazine rings is 1. The zero-order valence-corrected chi connectivity index (χ0v) is 13.4. The molecule has 0 atom stereocenters. The van der Waals surface area contributed by atoms with E-state index in [-0.39, 0.29) is 0 Å². The predicted octanol–water partition coefficient (Wildman–Crippen LogP) is 2.44. The molecule has 19 heavy (non-hydrogen) atoms. The fourth-order valence-electron chi connectivity index (χ4n) is 2.33. The van der Waals surface area contributed by atoms with Crippen LogP contribution >= 0.6 is 22.6 Å². The van der Waals surface area contributed by atoms with Crippen LogP contribution in [0.2, 0.25) is 0 Å². The SMILES string of the molecule is O=C(CCCCc1ccc(I)cc1)N1CCNCC1. The average molecular weight is 372 g/mol. The molecule has 4 heteroatoms. The van der Waals surface area contributed by atoms with Crippen LogP contribution in [-0.4, -0.2) is 37.0 Å². The smallest absolute Gasteiger partial charge is 0.222 e. The standard InChI is InChI=1S/C15H21IN2O/c16-14-7-5-13(6-8-14)3-1-2-4-15(19)18-11-9-17-10-12-18/h5-8,17H,1-4,9-12H2. The summed E-state index contributed by atoms with van der Waals surface area (Å²) in [7, 11) is 0. The lowest BCUT2D eigenvalue weighted by Gasteiger charge is -2.27. The number of hydrogen-bond donors (Lipinski definition) is 1. The van der Waals surface area contributed by atoms with Crippen molar-refractivity contribution in [3.63, 3.8) is 0 Å². The molecule has 2 rings (SSSR count). The summed E-state index contributed by atoms with van der Waals surface area (Å²) in [5.74, 6) is 0.323. The van der Waals surface area contributed by atoms with E-state index in [9.17, 15) is 4.79 Å². The maximum atomic E-state index is 12.0. The second kappa shape index (κ2) is 7.85. The fourth-order valence-corrected chi connectivity index (χ4v) is 2.69. The number of unbranched alkanes of at least 4 members (excludes halogenated alkanes) is 1. The highest BCUT2D eigenvalue weighted by Gasteiger charge is 2.15. The van der Waals surface area contributed by atoms with Crippen LogP contribution in [0.15, 0.2) is 24.3 Å². The molecule has 1 aromatic rings. The first kappa shape index (κ1) is 14.8.